The largest absolute Gasteiger partial charge is 0.417 e. The van der Waals surface area contributed by atoms with Crippen molar-refractivity contribution >= 4 is 29.0 Å². The maximum atomic E-state index is 13.1. The predicted octanol–water partition coefficient (Wildman–Crippen LogP) is 2.87. The Morgan fingerprint density at radius 2 is 2.00 bits per heavy atom. The minimum Gasteiger partial charge on any atom is -0.390 e. The van der Waals surface area contributed by atoms with Gasteiger partial charge in [-0.3, -0.25) is 14.5 Å². The molecule has 3 N–H and O–H groups in total. The highest BCUT2D eigenvalue weighted by Crippen LogP contribution is 2.35. The molecule has 4 rings (SSSR count). The fraction of sp³-hybridized carbons (Fsp3) is 0.364. The average Bonchev–Trinajstić information content (AvgIpc) is 3.14. The molecule has 1 amide bonds. The second kappa shape index (κ2) is 8.82. The van der Waals surface area contributed by atoms with Crippen molar-refractivity contribution in [3.05, 3.63) is 63.7 Å². The zero-order valence-electron chi connectivity index (χ0n) is 16.9. The molecule has 2 heterocycles. The van der Waals surface area contributed by atoms with E-state index in [9.17, 15) is 27.9 Å². The van der Waals surface area contributed by atoms with Crippen LogP contribution in [0.5, 0.6) is 0 Å². The first-order valence-electron chi connectivity index (χ1n) is 10.1. The number of anilines is 1. The number of carbonyl (C=O) groups excluding carboxylic acids is 2. The number of fused-ring (bicyclic) bond motifs is 1. The van der Waals surface area contributed by atoms with E-state index in [1.54, 1.807) is 18.2 Å². The first kappa shape index (κ1) is 22.7. The molecule has 2 atom stereocenters. The lowest BCUT2D eigenvalue weighted by Gasteiger charge is -2.34. The summed E-state index contributed by atoms with van der Waals surface area (Å²) >= 11 is 5.63. The van der Waals surface area contributed by atoms with Gasteiger partial charge in [-0.25, -0.2) is 0 Å². The number of alkyl halides is 3. The van der Waals surface area contributed by atoms with Crippen LogP contribution >= 0.6 is 11.6 Å². The Balaban J connectivity index is 1.50. The number of rotatable bonds is 4. The molecule has 2 aliphatic rings. The summed E-state index contributed by atoms with van der Waals surface area (Å²) in [5.41, 5.74) is 0.602. The molecular formula is C22H21ClF3N3O3. The number of halogens is 4. The number of aliphatic hydroxyl groups excluding tert-OH is 1. The van der Waals surface area contributed by atoms with Crippen molar-refractivity contribution in [3.8, 4) is 0 Å². The van der Waals surface area contributed by atoms with Crippen molar-refractivity contribution in [2.75, 3.05) is 25.0 Å². The number of hydrogen-bond donors (Lipinski definition) is 3. The number of nitrogens with zero attached hydrogens (tertiary/aromatic N) is 1. The third-order valence-electron chi connectivity index (χ3n) is 5.74. The second-order valence-electron chi connectivity index (χ2n) is 8.00. The maximum absolute atomic E-state index is 13.1. The fourth-order valence-corrected chi connectivity index (χ4v) is 4.47. The third-order valence-corrected chi connectivity index (χ3v) is 6.07. The Bertz CT molecular complexity index is 1060. The van der Waals surface area contributed by atoms with Crippen LogP contribution in [0.4, 0.5) is 18.9 Å². The summed E-state index contributed by atoms with van der Waals surface area (Å²) in [6.07, 6.45) is -5.49. The lowest BCUT2D eigenvalue weighted by Crippen LogP contribution is -2.47. The number of ketones is 1. The molecule has 2 aliphatic heterocycles. The van der Waals surface area contributed by atoms with Gasteiger partial charge in [0.2, 0.25) is 5.91 Å². The summed E-state index contributed by atoms with van der Waals surface area (Å²) in [4.78, 5) is 27.3. The third kappa shape index (κ3) is 4.66. The van der Waals surface area contributed by atoms with E-state index in [1.165, 1.54) is 6.07 Å². The van der Waals surface area contributed by atoms with Crippen molar-refractivity contribution in [1.29, 1.82) is 0 Å². The van der Waals surface area contributed by atoms with E-state index in [1.807, 2.05) is 4.90 Å². The Hall–Kier alpha value is -2.46. The summed E-state index contributed by atoms with van der Waals surface area (Å²) in [6, 6.07) is 8.25. The predicted molar refractivity (Wildman–Crippen MR) is 113 cm³/mol. The molecule has 1 saturated heterocycles. The minimum absolute atomic E-state index is 0.107. The number of aliphatic hydroxyl groups is 1. The van der Waals surface area contributed by atoms with Gasteiger partial charge in [0, 0.05) is 25.2 Å². The van der Waals surface area contributed by atoms with E-state index in [0.717, 1.165) is 17.7 Å². The average molecular weight is 468 g/mol. The van der Waals surface area contributed by atoms with Crippen LogP contribution in [-0.4, -0.2) is 53.5 Å². The van der Waals surface area contributed by atoms with Crippen molar-refractivity contribution < 1.29 is 27.9 Å². The molecule has 0 aromatic heterocycles. The summed E-state index contributed by atoms with van der Waals surface area (Å²) in [5, 5.41) is 15.4. The highest BCUT2D eigenvalue weighted by molar-refractivity contribution is 6.31. The van der Waals surface area contributed by atoms with E-state index in [4.69, 9.17) is 11.6 Å². The molecule has 0 radical (unpaired) electrons. The summed E-state index contributed by atoms with van der Waals surface area (Å²) in [7, 11) is 0. The van der Waals surface area contributed by atoms with E-state index >= 15 is 0 Å². The molecule has 170 valence electrons. The van der Waals surface area contributed by atoms with Gasteiger partial charge >= 0.3 is 6.18 Å². The van der Waals surface area contributed by atoms with Crippen molar-refractivity contribution in [2.24, 2.45) is 0 Å². The Kier molecular flexibility index (Phi) is 6.26. The van der Waals surface area contributed by atoms with Crippen LogP contribution in [0.3, 0.4) is 0 Å². The van der Waals surface area contributed by atoms with Crippen LogP contribution in [0, 0.1) is 0 Å². The fourth-order valence-electron chi connectivity index (χ4n) is 4.24. The summed E-state index contributed by atoms with van der Waals surface area (Å²) in [5.74, 6) is -0.730. The van der Waals surface area contributed by atoms with Gasteiger partial charge < -0.3 is 15.7 Å². The Morgan fingerprint density at radius 1 is 1.22 bits per heavy atom. The van der Waals surface area contributed by atoms with Crippen LogP contribution in [0.25, 0.3) is 0 Å². The SMILES string of the molecule is O=C(Cc1ccc(Cl)c(C(F)(F)F)c1)Nc1cccc2c1C(=O)CN(C1CNCC1O)C2. The number of nitrogens with one attached hydrogen (secondary N) is 2. The van der Waals surface area contributed by atoms with Crippen LogP contribution in [0.2, 0.25) is 5.02 Å². The van der Waals surface area contributed by atoms with Crippen LogP contribution in [-0.2, 0) is 23.9 Å². The van der Waals surface area contributed by atoms with Gasteiger partial charge in [-0.15, -0.1) is 0 Å². The molecule has 0 saturated carbocycles. The van der Waals surface area contributed by atoms with E-state index in [2.05, 4.69) is 10.6 Å². The second-order valence-corrected chi connectivity index (χ2v) is 8.40. The molecule has 0 aliphatic carbocycles. The molecule has 6 nitrogen and oxygen atoms in total. The van der Waals surface area contributed by atoms with Gasteiger partial charge in [0.1, 0.15) is 0 Å². The van der Waals surface area contributed by atoms with Crippen molar-refractivity contribution in [2.45, 2.75) is 31.3 Å². The first-order valence-corrected chi connectivity index (χ1v) is 10.4. The van der Waals surface area contributed by atoms with Gasteiger partial charge in [-0.1, -0.05) is 29.8 Å². The molecule has 2 aromatic carbocycles. The van der Waals surface area contributed by atoms with Gasteiger partial charge in [-0.05, 0) is 29.3 Å². The zero-order valence-corrected chi connectivity index (χ0v) is 17.6. The molecular weight excluding hydrogens is 447 g/mol. The number of Topliss-reactive ketones (excluding diaryl/α,β-unsaturated/α-hetero) is 1. The van der Waals surface area contributed by atoms with Crippen LogP contribution < -0.4 is 10.6 Å². The van der Waals surface area contributed by atoms with E-state index < -0.39 is 28.8 Å². The lowest BCUT2D eigenvalue weighted by atomic mass is 9.95. The highest BCUT2D eigenvalue weighted by Gasteiger charge is 2.36. The van der Waals surface area contributed by atoms with Gasteiger partial charge in [-0.2, -0.15) is 13.2 Å². The molecule has 1 fully saturated rings. The molecule has 2 aromatic rings. The molecule has 10 heteroatoms. The van der Waals surface area contributed by atoms with E-state index in [0.29, 0.717) is 30.9 Å². The summed E-state index contributed by atoms with van der Waals surface area (Å²) in [6.45, 7) is 1.61. The zero-order chi connectivity index (χ0) is 23.0. The molecule has 2 unspecified atom stereocenters. The van der Waals surface area contributed by atoms with Crippen molar-refractivity contribution in [1.82, 2.24) is 10.2 Å². The molecule has 32 heavy (non-hydrogen) atoms. The minimum atomic E-state index is -4.62. The normalized spacial score (nSPS) is 21.5. The van der Waals surface area contributed by atoms with Crippen LogP contribution in [0.15, 0.2) is 36.4 Å². The van der Waals surface area contributed by atoms with E-state index in [-0.39, 0.29) is 30.4 Å². The quantitative estimate of drug-likeness (QED) is 0.644. The number of β-amino-alcohol motifs (C(OH)–C–C–N with tert-alkyl or cyclic N) is 1. The smallest absolute Gasteiger partial charge is 0.390 e. The molecule has 0 bridgehead atoms. The molecule has 0 spiro atoms. The number of carbonyl (C=O) groups is 2. The first-order chi connectivity index (χ1) is 15.1. The topological polar surface area (TPSA) is 81.7 Å². The number of hydrogen-bond acceptors (Lipinski definition) is 5. The number of amides is 1. The highest BCUT2D eigenvalue weighted by atomic mass is 35.5. The van der Waals surface area contributed by atoms with Gasteiger partial charge in [0.05, 0.1) is 41.4 Å². The Morgan fingerprint density at radius 3 is 2.69 bits per heavy atom. The lowest BCUT2D eigenvalue weighted by molar-refractivity contribution is -0.137. The van der Waals surface area contributed by atoms with Crippen LogP contribution in [0.1, 0.15) is 27.0 Å². The van der Waals surface area contributed by atoms with Crippen molar-refractivity contribution in [3.63, 3.8) is 0 Å². The maximum Gasteiger partial charge on any atom is 0.417 e. The standard InChI is InChI=1S/C22H21ClF3N3O3/c23-15-5-4-12(6-14(15)22(24,25)26)7-20(32)28-16-3-1-2-13-10-29(11-19(31)21(13)16)17-8-27-9-18(17)30/h1-6,17-18,27,30H,7-11H2,(H,28,32). The van der Waals surface area contributed by atoms with Gasteiger partial charge in [0.25, 0.3) is 0 Å². The number of benzene rings is 2. The van der Waals surface area contributed by atoms with Gasteiger partial charge in [0.15, 0.2) is 5.78 Å². The monoisotopic (exact) mass is 467 g/mol. The Labute approximate surface area is 187 Å². The summed E-state index contributed by atoms with van der Waals surface area (Å²) < 4.78 is 39.2.